The summed E-state index contributed by atoms with van der Waals surface area (Å²) in [5, 5.41) is 13.7. The number of H-pyrrole nitrogens is 1. The summed E-state index contributed by atoms with van der Waals surface area (Å²) >= 11 is 0. The van der Waals surface area contributed by atoms with Crippen molar-refractivity contribution in [3.63, 3.8) is 0 Å². The lowest BCUT2D eigenvalue weighted by Crippen LogP contribution is -1.98. The highest BCUT2D eigenvalue weighted by Gasteiger charge is 2.18. The van der Waals surface area contributed by atoms with Gasteiger partial charge < -0.3 is 9.47 Å². The molecule has 0 aliphatic heterocycles. The van der Waals surface area contributed by atoms with E-state index in [9.17, 15) is 0 Å². The van der Waals surface area contributed by atoms with Gasteiger partial charge in [-0.3, -0.25) is 14.8 Å². The molecule has 1 N–H and O–H groups in total. The molecular weight excluding hydrogens is 440 g/mol. The second kappa shape index (κ2) is 8.57. The lowest BCUT2D eigenvalue weighted by atomic mass is 10.0. The molecule has 6 rings (SSSR count). The summed E-state index contributed by atoms with van der Waals surface area (Å²) in [7, 11) is 3.57. The van der Waals surface area contributed by atoms with Gasteiger partial charge >= 0.3 is 0 Å². The number of hydrogen-bond acceptors (Lipinski definition) is 6. The van der Waals surface area contributed by atoms with Crippen molar-refractivity contribution in [2.75, 3.05) is 7.11 Å². The van der Waals surface area contributed by atoms with E-state index in [2.05, 4.69) is 26.2 Å². The van der Waals surface area contributed by atoms with Crippen LogP contribution in [0.15, 0.2) is 79.3 Å². The molecule has 172 valence electrons. The molecule has 0 saturated heterocycles. The number of aryl methyl sites for hydroxylation is 1. The van der Waals surface area contributed by atoms with E-state index in [1.807, 2.05) is 78.6 Å². The van der Waals surface area contributed by atoms with Gasteiger partial charge in [-0.2, -0.15) is 10.2 Å². The number of aromatic nitrogens is 6. The Morgan fingerprint density at radius 3 is 2.57 bits per heavy atom. The van der Waals surface area contributed by atoms with Gasteiger partial charge in [0.25, 0.3) is 0 Å². The molecule has 3 aromatic carbocycles. The fourth-order valence-electron chi connectivity index (χ4n) is 4.31. The highest BCUT2D eigenvalue weighted by Crippen LogP contribution is 2.39. The standard InChI is InChI=1S/C27H22N6O2/c1-33-22-14-28-21-13-23(34-2)24(35-15-17-7-4-3-5-8-17)12-20(21)25(22)26(32-33)18-9-6-10-19(11-18)27-29-16-30-31-27/h3-14,16H,15H2,1-2H3,(H,29,30,31). The van der Waals surface area contributed by atoms with Crippen molar-refractivity contribution in [1.82, 2.24) is 29.9 Å². The van der Waals surface area contributed by atoms with Crippen molar-refractivity contribution in [3.05, 3.63) is 84.8 Å². The molecule has 0 amide bonds. The van der Waals surface area contributed by atoms with E-state index in [-0.39, 0.29) is 0 Å². The molecule has 0 fully saturated rings. The highest BCUT2D eigenvalue weighted by molar-refractivity contribution is 6.12. The monoisotopic (exact) mass is 462 g/mol. The number of rotatable bonds is 6. The first-order valence-corrected chi connectivity index (χ1v) is 11.2. The molecule has 3 aromatic heterocycles. The molecule has 0 bridgehead atoms. The number of aromatic amines is 1. The number of fused-ring (bicyclic) bond motifs is 3. The van der Waals surface area contributed by atoms with Gasteiger partial charge in [0.15, 0.2) is 17.3 Å². The van der Waals surface area contributed by atoms with Crippen LogP contribution in [-0.2, 0) is 13.7 Å². The lowest BCUT2D eigenvalue weighted by molar-refractivity contribution is 0.285. The summed E-state index contributed by atoms with van der Waals surface area (Å²) in [5.41, 5.74) is 5.58. The Kier molecular flexibility index (Phi) is 5.11. The Bertz CT molecular complexity index is 1640. The Balaban J connectivity index is 1.51. The zero-order chi connectivity index (χ0) is 23.8. The molecule has 0 aliphatic rings. The minimum absolute atomic E-state index is 0.436. The molecular formula is C27H22N6O2. The molecule has 8 heteroatoms. The maximum absolute atomic E-state index is 6.19. The average molecular weight is 463 g/mol. The largest absolute Gasteiger partial charge is 0.493 e. The summed E-state index contributed by atoms with van der Waals surface area (Å²) in [6, 6.07) is 22.1. The highest BCUT2D eigenvalue weighted by atomic mass is 16.5. The van der Waals surface area contributed by atoms with E-state index in [0.29, 0.717) is 23.9 Å². The zero-order valence-corrected chi connectivity index (χ0v) is 19.3. The number of nitrogens with zero attached hydrogens (tertiary/aromatic N) is 5. The number of benzene rings is 3. The first-order valence-electron chi connectivity index (χ1n) is 11.2. The lowest BCUT2D eigenvalue weighted by Gasteiger charge is -2.13. The Morgan fingerprint density at radius 1 is 0.914 bits per heavy atom. The molecule has 35 heavy (non-hydrogen) atoms. The predicted octanol–water partition coefficient (Wildman–Crippen LogP) is 5.16. The molecule has 0 saturated carbocycles. The maximum Gasteiger partial charge on any atom is 0.162 e. The summed E-state index contributed by atoms with van der Waals surface area (Å²) in [6.07, 6.45) is 3.35. The Hall–Kier alpha value is -4.72. The average Bonchev–Trinajstić information content (AvgIpc) is 3.56. The van der Waals surface area contributed by atoms with E-state index in [4.69, 9.17) is 14.6 Å². The minimum atomic E-state index is 0.436. The van der Waals surface area contributed by atoms with Crippen LogP contribution in [0.3, 0.4) is 0 Å². The van der Waals surface area contributed by atoms with E-state index < -0.39 is 0 Å². The van der Waals surface area contributed by atoms with Gasteiger partial charge in [-0.15, -0.1) is 0 Å². The van der Waals surface area contributed by atoms with E-state index >= 15 is 0 Å². The fourth-order valence-corrected chi connectivity index (χ4v) is 4.31. The van der Waals surface area contributed by atoms with Crippen LogP contribution in [0.2, 0.25) is 0 Å². The number of methoxy groups -OCH3 is 1. The third-order valence-corrected chi connectivity index (χ3v) is 6.03. The van der Waals surface area contributed by atoms with Crippen LogP contribution < -0.4 is 9.47 Å². The van der Waals surface area contributed by atoms with Crippen LogP contribution in [0.25, 0.3) is 44.5 Å². The first kappa shape index (κ1) is 20.9. The van der Waals surface area contributed by atoms with Crippen molar-refractivity contribution < 1.29 is 9.47 Å². The van der Waals surface area contributed by atoms with E-state index in [1.54, 1.807) is 7.11 Å². The molecule has 0 atom stereocenters. The first-order chi connectivity index (χ1) is 17.2. The van der Waals surface area contributed by atoms with Crippen molar-refractivity contribution in [2.45, 2.75) is 6.61 Å². The third-order valence-electron chi connectivity index (χ3n) is 6.03. The topological polar surface area (TPSA) is 90.7 Å². The normalized spacial score (nSPS) is 11.3. The van der Waals surface area contributed by atoms with Crippen LogP contribution in [0.4, 0.5) is 0 Å². The van der Waals surface area contributed by atoms with Crippen molar-refractivity contribution >= 4 is 21.8 Å². The van der Waals surface area contributed by atoms with Crippen molar-refractivity contribution in [1.29, 1.82) is 0 Å². The van der Waals surface area contributed by atoms with E-state index in [0.717, 1.165) is 44.2 Å². The third kappa shape index (κ3) is 3.74. The molecule has 6 aromatic rings. The quantitative estimate of drug-likeness (QED) is 0.368. The van der Waals surface area contributed by atoms with Crippen LogP contribution >= 0.6 is 0 Å². The zero-order valence-electron chi connectivity index (χ0n) is 19.3. The number of nitrogens with one attached hydrogen (secondary N) is 1. The predicted molar refractivity (Wildman–Crippen MR) is 134 cm³/mol. The van der Waals surface area contributed by atoms with Gasteiger partial charge in [0.2, 0.25) is 0 Å². The molecule has 0 radical (unpaired) electrons. The van der Waals surface area contributed by atoms with Gasteiger partial charge in [0, 0.05) is 35.0 Å². The summed E-state index contributed by atoms with van der Waals surface area (Å²) in [5.74, 6) is 2.00. The summed E-state index contributed by atoms with van der Waals surface area (Å²) in [6.45, 7) is 0.436. The van der Waals surface area contributed by atoms with Gasteiger partial charge in [0.1, 0.15) is 18.6 Å². The van der Waals surface area contributed by atoms with Gasteiger partial charge in [-0.05, 0) is 17.7 Å². The Labute approximate surface area is 201 Å². The van der Waals surface area contributed by atoms with Crippen molar-refractivity contribution in [2.24, 2.45) is 7.05 Å². The van der Waals surface area contributed by atoms with Gasteiger partial charge in [-0.1, -0.05) is 48.5 Å². The van der Waals surface area contributed by atoms with Crippen LogP contribution in [0.1, 0.15) is 5.56 Å². The van der Waals surface area contributed by atoms with Crippen LogP contribution in [0, 0.1) is 0 Å². The second-order valence-electron chi connectivity index (χ2n) is 8.20. The molecule has 0 unspecified atom stereocenters. The molecule has 3 heterocycles. The van der Waals surface area contributed by atoms with Crippen molar-refractivity contribution in [3.8, 4) is 34.1 Å². The molecule has 0 spiro atoms. The second-order valence-corrected chi connectivity index (χ2v) is 8.20. The fraction of sp³-hybridized carbons (Fsp3) is 0.111. The van der Waals surface area contributed by atoms with Crippen LogP contribution in [0.5, 0.6) is 11.5 Å². The summed E-state index contributed by atoms with van der Waals surface area (Å²) < 4.78 is 13.7. The molecule has 8 nitrogen and oxygen atoms in total. The van der Waals surface area contributed by atoms with Crippen LogP contribution in [-0.4, -0.2) is 37.1 Å². The number of hydrogen-bond donors (Lipinski definition) is 1. The maximum atomic E-state index is 6.19. The molecule has 0 aliphatic carbocycles. The summed E-state index contributed by atoms with van der Waals surface area (Å²) in [4.78, 5) is 8.97. The number of ether oxygens (including phenoxy) is 2. The van der Waals surface area contributed by atoms with Gasteiger partial charge in [-0.25, -0.2) is 4.98 Å². The van der Waals surface area contributed by atoms with Gasteiger partial charge in [0.05, 0.1) is 24.3 Å². The van der Waals surface area contributed by atoms with E-state index in [1.165, 1.54) is 6.33 Å². The SMILES string of the molecule is COc1cc2ncc3c(c(-c4cccc(-c5ncn[nH]5)c4)nn3C)c2cc1OCc1ccccc1. The Morgan fingerprint density at radius 2 is 1.77 bits per heavy atom. The smallest absolute Gasteiger partial charge is 0.162 e. The number of pyridine rings is 1. The minimum Gasteiger partial charge on any atom is -0.493 e.